The summed E-state index contributed by atoms with van der Waals surface area (Å²) < 4.78 is 11.2. The van der Waals surface area contributed by atoms with Crippen molar-refractivity contribution >= 4 is 11.7 Å². The first-order valence-corrected chi connectivity index (χ1v) is 9.81. The predicted octanol–water partition coefficient (Wildman–Crippen LogP) is 3.97. The standard InChI is InChI=1S/C23H23N3O4/c27-23(25-15-19-9-6-12-28-19)24-14-18-13-20(30-26-18)16-29-22-11-5-4-10-21(22)17-7-2-1-3-8-17/h1-12,20H,13-16H2,(H2,24,25,27). The molecule has 2 aromatic carbocycles. The highest BCUT2D eigenvalue weighted by Gasteiger charge is 2.22. The number of carbonyl (C=O) groups excluding carboxylic acids is 1. The molecule has 0 aliphatic carbocycles. The molecule has 0 spiro atoms. The van der Waals surface area contributed by atoms with Crippen LogP contribution in [0.5, 0.6) is 5.75 Å². The Morgan fingerprint density at radius 3 is 2.63 bits per heavy atom. The zero-order valence-corrected chi connectivity index (χ0v) is 16.4. The maximum Gasteiger partial charge on any atom is 0.315 e. The average molecular weight is 405 g/mol. The van der Waals surface area contributed by atoms with Crippen LogP contribution < -0.4 is 15.4 Å². The minimum Gasteiger partial charge on any atom is -0.489 e. The Balaban J connectivity index is 1.21. The Morgan fingerprint density at radius 1 is 1.00 bits per heavy atom. The van der Waals surface area contributed by atoms with Gasteiger partial charge in [0.05, 0.1) is 25.1 Å². The number of hydrogen-bond acceptors (Lipinski definition) is 5. The van der Waals surface area contributed by atoms with E-state index in [1.165, 1.54) is 0 Å². The van der Waals surface area contributed by atoms with Gasteiger partial charge < -0.3 is 24.6 Å². The van der Waals surface area contributed by atoms with Crippen molar-refractivity contribution < 1.29 is 18.8 Å². The topological polar surface area (TPSA) is 85.1 Å². The van der Waals surface area contributed by atoms with E-state index >= 15 is 0 Å². The molecule has 7 heteroatoms. The van der Waals surface area contributed by atoms with Gasteiger partial charge in [0.2, 0.25) is 0 Å². The molecule has 30 heavy (non-hydrogen) atoms. The molecule has 4 rings (SSSR count). The quantitative estimate of drug-likeness (QED) is 0.594. The van der Waals surface area contributed by atoms with E-state index in [0.29, 0.717) is 31.9 Å². The third-order valence-electron chi connectivity index (χ3n) is 4.65. The molecular weight excluding hydrogens is 382 g/mol. The number of benzene rings is 2. The SMILES string of the molecule is O=C(NCC1=NOC(COc2ccccc2-c2ccccc2)C1)NCc1ccco1. The lowest BCUT2D eigenvalue weighted by molar-refractivity contribution is 0.0472. The molecule has 0 radical (unpaired) electrons. The smallest absolute Gasteiger partial charge is 0.315 e. The van der Waals surface area contributed by atoms with Gasteiger partial charge in [0.25, 0.3) is 0 Å². The lowest BCUT2D eigenvalue weighted by Crippen LogP contribution is -2.38. The van der Waals surface area contributed by atoms with Crippen LogP contribution in [0.4, 0.5) is 4.79 Å². The van der Waals surface area contributed by atoms with E-state index in [-0.39, 0.29) is 12.1 Å². The van der Waals surface area contributed by atoms with Crippen LogP contribution in [0.2, 0.25) is 0 Å². The van der Waals surface area contributed by atoms with E-state index in [1.54, 1.807) is 18.4 Å². The largest absolute Gasteiger partial charge is 0.489 e. The molecule has 0 saturated carbocycles. The van der Waals surface area contributed by atoms with Crippen LogP contribution in [0.1, 0.15) is 12.2 Å². The van der Waals surface area contributed by atoms with Gasteiger partial charge in [-0.1, -0.05) is 53.7 Å². The molecule has 0 saturated heterocycles. The number of urea groups is 1. The summed E-state index contributed by atoms with van der Waals surface area (Å²) in [6.45, 7) is 1.03. The van der Waals surface area contributed by atoms with Crippen molar-refractivity contribution in [3.63, 3.8) is 0 Å². The van der Waals surface area contributed by atoms with E-state index in [0.717, 1.165) is 22.6 Å². The van der Waals surface area contributed by atoms with E-state index in [1.807, 2.05) is 42.5 Å². The summed E-state index contributed by atoms with van der Waals surface area (Å²) in [4.78, 5) is 17.3. The second-order valence-corrected chi connectivity index (χ2v) is 6.88. The van der Waals surface area contributed by atoms with Crippen LogP contribution in [0.15, 0.2) is 82.6 Å². The fourth-order valence-electron chi connectivity index (χ4n) is 3.14. The number of oxime groups is 1. The number of rotatable bonds is 8. The Hall–Kier alpha value is -3.74. The van der Waals surface area contributed by atoms with Crippen molar-refractivity contribution in [3.05, 3.63) is 78.8 Å². The van der Waals surface area contributed by atoms with Crippen LogP contribution in [0.3, 0.4) is 0 Å². The average Bonchev–Trinajstić information content (AvgIpc) is 3.48. The van der Waals surface area contributed by atoms with Crippen molar-refractivity contribution in [2.24, 2.45) is 5.16 Å². The molecule has 7 nitrogen and oxygen atoms in total. The first kappa shape index (κ1) is 19.6. The molecule has 154 valence electrons. The molecule has 3 aromatic rings. The fourth-order valence-corrected chi connectivity index (χ4v) is 3.14. The maximum atomic E-state index is 11.9. The summed E-state index contributed by atoms with van der Waals surface area (Å²) in [5.74, 6) is 1.50. The van der Waals surface area contributed by atoms with Gasteiger partial charge in [-0.3, -0.25) is 0 Å². The highest BCUT2D eigenvalue weighted by Crippen LogP contribution is 2.30. The lowest BCUT2D eigenvalue weighted by Gasteiger charge is -2.14. The second-order valence-electron chi connectivity index (χ2n) is 6.88. The number of para-hydroxylation sites is 1. The molecule has 1 unspecified atom stereocenters. The number of nitrogens with zero attached hydrogens (tertiary/aromatic N) is 1. The van der Waals surface area contributed by atoms with Crippen molar-refractivity contribution in [1.29, 1.82) is 0 Å². The van der Waals surface area contributed by atoms with Gasteiger partial charge in [0.1, 0.15) is 18.1 Å². The number of ether oxygens (including phenoxy) is 1. The van der Waals surface area contributed by atoms with E-state index in [9.17, 15) is 4.79 Å². The second kappa shape index (κ2) is 9.65. The van der Waals surface area contributed by atoms with Gasteiger partial charge in [0, 0.05) is 12.0 Å². The highest BCUT2D eigenvalue weighted by molar-refractivity contribution is 5.90. The van der Waals surface area contributed by atoms with Crippen LogP contribution in [-0.4, -0.2) is 31.0 Å². The Kier molecular flexibility index (Phi) is 6.29. The summed E-state index contributed by atoms with van der Waals surface area (Å²) in [5, 5.41) is 9.56. The first-order valence-electron chi connectivity index (χ1n) is 9.81. The first-order chi connectivity index (χ1) is 14.8. The third kappa shape index (κ3) is 5.20. The fraction of sp³-hybridized carbons (Fsp3) is 0.217. The normalized spacial score (nSPS) is 15.2. The summed E-state index contributed by atoms with van der Waals surface area (Å²) >= 11 is 0. The van der Waals surface area contributed by atoms with Crippen molar-refractivity contribution in [3.8, 4) is 16.9 Å². The Morgan fingerprint density at radius 2 is 1.80 bits per heavy atom. The minimum atomic E-state index is -0.286. The molecule has 1 aliphatic rings. The Labute approximate surface area is 174 Å². The van der Waals surface area contributed by atoms with Crippen molar-refractivity contribution in [2.75, 3.05) is 13.2 Å². The number of carbonyl (C=O) groups is 1. The molecule has 2 amide bonds. The van der Waals surface area contributed by atoms with Gasteiger partial charge >= 0.3 is 6.03 Å². The summed E-state index contributed by atoms with van der Waals surface area (Å²) in [7, 11) is 0. The van der Waals surface area contributed by atoms with Crippen LogP contribution in [0, 0.1) is 0 Å². The molecule has 2 N–H and O–H groups in total. The van der Waals surface area contributed by atoms with Gasteiger partial charge in [-0.25, -0.2) is 4.79 Å². The lowest BCUT2D eigenvalue weighted by atomic mass is 10.0. The van der Waals surface area contributed by atoms with E-state index in [2.05, 4.69) is 27.9 Å². The minimum absolute atomic E-state index is 0.184. The summed E-state index contributed by atoms with van der Waals surface area (Å²) in [5.41, 5.74) is 2.90. The van der Waals surface area contributed by atoms with E-state index < -0.39 is 0 Å². The third-order valence-corrected chi connectivity index (χ3v) is 4.65. The van der Waals surface area contributed by atoms with Crippen molar-refractivity contribution in [1.82, 2.24) is 10.6 Å². The number of furan rings is 1. The van der Waals surface area contributed by atoms with Gasteiger partial charge in [-0.15, -0.1) is 0 Å². The zero-order valence-electron chi connectivity index (χ0n) is 16.4. The molecule has 0 fully saturated rings. The van der Waals surface area contributed by atoms with Crippen LogP contribution in [-0.2, 0) is 11.4 Å². The summed E-state index contributed by atoms with van der Waals surface area (Å²) in [6.07, 6.45) is 1.99. The van der Waals surface area contributed by atoms with Gasteiger partial charge in [-0.05, 0) is 23.8 Å². The molecule has 1 aliphatic heterocycles. The zero-order chi connectivity index (χ0) is 20.6. The van der Waals surface area contributed by atoms with Crippen LogP contribution in [0.25, 0.3) is 11.1 Å². The molecule has 0 bridgehead atoms. The van der Waals surface area contributed by atoms with Gasteiger partial charge in [0.15, 0.2) is 6.10 Å². The number of hydrogen-bond donors (Lipinski definition) is 2. The molecule has 2 heterocycles. The molecular formula is C23H23N3O4. The monoisotopic (exact) mass is 405 g/mol. The molecule has 1 atom stereocenters. The highest BCUT2D eigenvalue weighted by atomic mass is 16.7. The Bertz CT molecular complexity index is 987. The van der Waals surface area contributed by atoms with Crippen molar-refractivity contribution in [2.45, 2.75) is 19.1 Å². The number of nitrogens with one attached hydrogen (secondary N) is 2. The van der Waals surface area contributed by atoms with Crippen LogP contribution >= 0.6 is 0 Å². The van der Waals surface area contributed by atoms with E-state index in [4.69, 9.17) is 14.0 Å². The number of amides is 2. The summed E-state index contributed by atoms with van der Waals surface area (Å²) in [6, 6.07) is 21.3. The molecule has 1 aromatic heterocycles. The predicted molar refractivity (Wildman–Crippen MR) is 113 cm³/mol. The van der Waals surface area contributed by atoms with Gasteiger partial charge in [-0.2, -0.15) is 0 Å². The maximum absolute atomic E-state index is 11.9.